The monoisotopic (exact) mass is 458 g/mol. The molecule has 0 radical (unpaired) electrons. The van der Waals surface area contributed by atoms with Crippen molar-refractivity contribution in [1.29, 1.82) is 0 Å². The molecule has 0 bridgehead atoms. The number of amides is 1. The summed E-state index contributed by atoms with van der Waals surface area (Å²) >= 11 is 6.01. The highest BCUT2D eigenvalue weighted by atomic mass is 35.5. The summed E-state index contributed by atoms with van der Waals surface area (Å²) in [5.41, 5.74) is 0.766. The Morgan fingerprint density at radius 1 is 1.06 bits per heavy atom. The van der Waals surface area contributed by atoms with Crippen LogP contribution in [0.2, 0.25) is 5.02 Å². The van der Waals surface area contributed by atoms with Crippen molar-refractivity contribution < 1.29 is 17.9 Å². The molecule has 0 atom stereocenters. The fourth-order valence-electron chi connectivity index (χ4n) is 3.92. The van der Waals surface area contributed by atoms with Gasteiger partial charge in [-0.05, 0) is 42.5 Å². The van der Waals surface area contributed by atoms with Crippen LogP contribution in [-0.2, 0) is 14.8 Å². The van der Waals surface area contributed by atoms with E-state index in [1.807, 2.05) is 42.5 Å². The topological polar surface area (TPSA) is 75.7 Å². The number of carbonyl (C=O) groups excluding carboxylic acids is 1. The van der Waals surface area contributed by atoms with Crippen LogP contribution in [0, 0.1) is 5.92 Å². The largest absolute Gasteiger partial charge is 0.495 e. The molecular weight excluding hydrogens is 436 g/mol. The maximum absolute atomic E-state index is 13.1. The standard InChI is InChI=1S/C23H23ClN2O4S/c1-30-21-10-9-18(24)15-22(21)31(28,29)26-13-11-17(12-14-26)23(27)25-20-8-4-6-16-5-2-3-7-19(16)20/h2-10,15,17H,11-14H2,1H3,(H,25,27). The van der Waals surface area contributed by atoms with Gasteiger partial charge in [0.15, 0.2) is 0 Å². The van der Waals surface area contributed by atoms with E-state index in [0.717, 1.165) is 16.5 Å². The van der Waals surface area contributed by atoms with Gasteiger partial charge in [0.05, 0.1) is 7.11 Å². The zero-order chi connectivity index (χ0) is 22.0. The second-order valence-corrected chi connectivity index (χ2v) is 9.83. The van der Waals surface area contributed by atoms with Gasteiger partial charge in [-0.2, -0.15) is 4.31 Å². The molecule has 162 valence electrons. The smallest absolute Gasteiger partial charge is 0.246 e. The van der Waals surface area contributed by atoms with Crippen molar-refractivity contribution in [2.24, 2.45) is 5.92 Å². The third-order valence-corrected chi connectivity index (χ3v) is 7.77. The van der Waals surface area contributed by atoms with Gasteiger partial charge in [0.2, 0.25) is 15.9 Å². The van der Waals surface area contributed by atoms with Crippen molar-refractivity contribution in [2.75, 3.05) is 25.5 Å². The van der Waals surface area contributed by atoms with Crippen LogP contribution >= 0.6 is 11.6 Å². The first-order valence-corrected chi connectivity index (χ1v) is 11.8. The van der Waals surface area contributed by atoms with E-state index in [0.29, 0.717) is 17.9 Å². The summed E-state index contributed by atoms with van der Waals surface area (Å²) < 4.78 is 32.8. The molecule has 1 fully saturated rings. The SMILES string of the molecule is COc1ccc(Cl)cc1S(=O)(=O)N1CCC(C(=O)Nc2cccc3ccccc23)CC1. The lowest BCUT2D eigenvalue weighted by molar-refractivity contribution is -0.120. The molecule has 1 amide bonds. The normalized spacial score (nSPS) is 15.7. The zero-order valence-electron chi connectivity index (χ0n) is 17.0. The molecule has 8 heteroatoms. The Balaban J connectivity index is 1.46. The number of halogens is 1. The van der Waals surface area contributed by atoms with Gasteiger partial charge in [0.1, 0.15) is 10.6 Å². The summed E-state index contributed by atoms with van der Waals surface area (Å²) in [4.78, 5) is 12.9. The van der Waals surface area contributed by atoms with E-state index in [1.54, 1.807) is 12.1 Å². The molecule has 31 heavy (non-hydrogen) atoms. The molecule has 3 aromatic rings. The maximum Gasteiger partial charge on any atom is 0.246 e. The van der Waals surface area contributed by atoms with Gasteiger partial charge >= 0.3 is 0 Å². The van der Waals surface area contributed by atoms with E-state index in [4.69, 9.17) is 16.3 Å². The van der Waals surface area contributed by atoms with E-state index in [-0.39, 0.29) is 35.6 Å². The highest BCUT2D eigenvalue weighted by Gasteiger charge is 2.34. The average Bonchev–Trinajstić information content (AvgIpc) is 2.79. The van der Waals surface area contributed by atoms with Crippen molar-refractivity contribution in [1.82, 2.24) is 4.31 Å². The number of rotatable bonds is 5. The Morgan fingerprint density at radius 3 is 2.52 bits per heavy atom. The van der Waals surface area contributed by atoms with E-state index in [9.17, 15) is 13.2 Å². The van der Waals surface area contributed by atoms with E-state index in [1.165, 1.54) is 17.5 Å². The van der Waals surface area contributed by atoms with Gasteiger partial charge in [-0.3, -0.25) is 4.79 Å². The van der Waals surface area contributed by atoms with Crippen LogP contribution < -0.4 is 10.1 Å². The summed E-state index contributed by atoms with van der Waals surface area (Å²) in [5.74, 6) is -0.0966. The van der Waals surface area contributed by atoms with Crippen LogP contribution in [0.5, 0.6) is 5.75 Å². The van der Waals surface area contributed by atoms with Crippen LogP contribution in [0.25, 0.3) is 10.8 Å². The third kappa shape index (κ3) is 4.39. The average molecular weight is 459 g/mol. The van der Waals surface area contributed by atoms with E-state index >= 15 is 0 Å². The second kappa shape index (κ2) is 8.86. The van der Waals surface area contributed by atoms with Crippen LogP contribution in [0.1, 0.15) is 12.8 Å². The Morgan fingerprint density at radius 2 is 1.77 bits per heavy atom. The van der Waals surface area contributed by atoms with Crippen molar-refractivity contribution in [3.63, 3.8) is 0 Å². The molecule has 1 aliphatic heterocycles. The van der Waals surface area contributed by atoms with Gasteiger partial charge < -0.3 is 10.1 Å². The van der Waals surface area contributed by atoms with Crippen molar-refractivity contribution >= 4 is 44.0 Å². The number of sulfonamides is 1. The fraction of sp³-hybridized carbons (Fsp3) is 0.261. The molecule has 0 aromatic heterocycles. The Labute approximate surface area is 186 Å². The molecular formula is C23H23ClN2O4S. The van der Waals surface area contributed by atoms with Crippen molar-refractivity contribution in [3.05, 3.63) is 65.7 Å². The molecule has 1 heterocycles. The summed E-state index contributed by atoms with van der Waals surface area (Å²) in [6.45, 7) is 0.511. The lowest BCUT2D eigenvalue weighted by Gasteiger charge is -2.31. The number of hydrogen-bond donors (Lipinski definition) is 1. The molecule has 6 nitrogen and oxygen atoms in total. The Bertz CT molecular complexity index is 1220. The zero-order valence-corrected chi connectivity index (χ0v) is 18.6. The number of nitrogens with one attached hydrogen (secondary N) is 1. The minimum atomic E-state index is -3.77. The second-order valence-electron chi connectivity index (χ2n) is 7.49. The first-order valence-electron chi connectivity index (χ1n) is 10.0. The summed E-state index contributed by atoms with van der Waals surface area (Å²) in [5, 5.41) is 5.37. The minimum Gasteiger partial charge on any atom is -0.495 e. The van der Waals surface area contributed by atoms with Gasteiger partial charge in [0, 0.05) is 35.1 Å². The van der Waals surface area contributed by atoms with Crippen LogP contribution in [0.3, 0.4) is 0 Å². The number of nitrogens with zero attached hydrogens (tertiary/aromatic N) is 1. The summed E-state index contributed by atoms with van der Waals surface area (Å²) in [6, 6.07) is 18.2. The Hall–Kier alpha value is -2.61. The van der Waals surface area contributed by atoms with Crippen molar-refractivity contribution in [2.45, 2.75) is 17.7 Å². The Kier molecular flexibility index (Phi) is 6.18. The summed E-state index contributed by atoms with van der Waals surface area (Å²) in [6.07, 6.45) is 0.886. The first kappa shape index (κ1) is 21.6. The highest BCUT2D eigenvalue weighted by Crippen LogP contribution is 2.32. The van der Waals surface area contributed by atoms with Gasteiger partial charge in [-0.15, -0.1) is 0 Å². The lowest BCUT2D eigenvalue weighted by Crippen LogP contribution is -2.41. The molecule has 0 saturated carbocycles. The predicted molar refractivity (Wildman–Crippen MR) is 122 cm³/mol. The third-order valence-electron chi connectivity index (χ3n) is 5.62. The molecule has 0 unspecified atom stereocenters. The quantitative estimate of drug-likeness (QED) is 0.609. The number of carbonyl (C=O) groups is 1. The van der Waals surface area contributed by atoms with Crippen molar-refractivity contribution in [3.8, 4) is 5.75 Å². The van der Waals surface area contributed by atoms with Crippen LogP contribution in [0.15, 0.2) is 65.6 Å². The van der Waals surface area contributed by atoms with Crippen LogP contribution in [-0.4, -0.2) is 38.8 Å². The maximum atomic E-state index is 13.1. The molecule has 1 aliphatic rings. The molecule has 1 N–H and O–H groups in total. The first-order chi connectivity index (χ1) is 14.9. The van der Waals surface area contributed by atoms with Gasteiger partial charge in [-0.25, -0.2) is 8.42 Å². The number of methoxy groups -OCH3 is 1. The fourth-order valence-corrected chi connectivity index (χ4v) is 5.81. The molecule has 4 rings (SSSR count). The number of benzene rings is 3. The predicted octanol–water partition coefficient (Wildman–Crippen LogP) is 4.54. The number of ether oxygens (including phenoxy) is 1. The van der Waals surface area contributed by atoms with Gasteiger partial charge in [0.25, 0.3) is 0 Å². The highest BCUT2D eigenvalue weighted by molar-refractivity contribution is 7.89. The minimum absolute atomic E-state index is 0.0427. The number of piperidine rings is 1. The molecule has 0 aliphatic carbocycles. The van der Waals surface area contributed by atoms with E-state index in [2.05, 4.69) is 5.32 Å². The molecule has 0 spiro atoms. The molecule has 1 saturated heterocycles. The molecule has 3 aromatic carbocycles. The number of anilines is 1. The number of hydrogen-bond acceptors (Lipinski definition) is 4. The summed E-state index contributed by atoms with van der Waals surface area (Å²) in [7, 11) is -2.35. The van der Waals surface area contributed by atoms with Gasteiger partial charge in [-0.1, -0.05) is 48.0 Å². The number of fused-ring (bicyclic) bond motifs is 1. The lowest BCUT2D eigenvalue weighted by atomic mass is 9.97. The van der Waals surface area contributed by atoms with Crippen LogP contribution in [0.4, 0.5) is 5.69 Å². The van der Waals surface area contributed by atoms with E-state index < -0.39 is 10.0 Å².